The first-order valence-corrected chi connectivity index (χ1v) is 11.3. The molecule has 1 amide bonds. The van der Waals surface area contributed by atoms with Gasteiger partial charge in [0.1, 0.15) is 5.75 Å². The third-order valence-corrected chi connectivity index (χ3v) is 6.57. The molecular formula is C24H29N3O2S. The van der Waals surface area contributed by atoms with Crippen molar-refractivity contribution in [1.82, 2.24) is 9.88 Å². The number of anilines is 1. The van der Waals surface area contributed by atoms with Crippen LogP contribution in [0.1, 0.15) is 43.6 Å². The Bertz CT molecular complexity index is 1030. The molecule has 5 nitrogen and oxygen atoms in total. The normalized spacial score (nSPS) is 14.9. The average molecular weight is 424 g/mol. The van der Waals surface area contributed by atoms with E-state index in [1.807, 2.05) is 36.1 Å². The summed E-state index contributed by atoms with van der Waals surface area (Å²) < 4.78 is 6.73. The first kappa shape index (κ1) is 20.7. The molecule has 0 unspecified atom stereocenters. The molecule has 1 aliphatic rings. The third-order valence-electron chi connectivity index (χ3n) is 5.49. The van der Waals surface area contributed by atoms with E-state index in [-0.39, 0.29) is 11.3 Å². The highest BCUT2D eigenvalue weighted by Gasteiger charge is 2.24. The number of carbonyl (C=O) groups excluding carboxylic acids is 1. The van der Waals surface area contributed by atoms with E-state index in [0.29, 0.717) is 19.7 Å². The summed E-state index contributed by atoms with van der Waals surface area (Å²) in [6.07, 6.45) is 0. The molecule has 2 heterocycles. The molecule has 0 saturated carbocycles. The van der Waals surface area contributed by atoms with Crippen LogP contribution < -0.4 is 9.64 Å². The Morgan fingerprint density at radius 1 is 1.07 bits per heavy atom. The molecule has 30 heavy (non-hydrogen) atoms. The first-order chi connectivity index (χ1) is 14.3. The van der Waals surface area contributed by atoms with Crippen LogP contribution in [0.3, 0.4) is 0 Å². The minimum Gasteiger partial charge on any atom is -0.494 e. The second kappa shape index (κ2) is 8.26. The number of ether oxygens (including phenoxy) is 1. The van der Waals surface area contributed by atoms with Crippen molar-refractivity contribution in [1.29, 1.82) is 0 Å². The van der Waals surface area contributed by atoms with Gasteiger partial charge < -0.3 is 14.5 Å². The number of amides is 1. The van der Waals surface area contributed by atoms with Gasteiger partial charge >= 0.3 is 0 Å². The Morgan fingerprint density at radius 2 is 1.77 bits per heavy atom. The highest BCUT2D eigenvalue weighted by molar-refractivity contribution is 7.22. The van der Waals surface area contributed by atoms with Crippen molar-refractivity contribution in [3.63, 3.8) is 0 Å². The number of hydrogen-bond acceptors (Lipinski definition) is 5. The number of benzene rings is 2. The molecule has 0 aliphatic carbocycles. The lowest BCUT2D eigenvalue weighted by Crippen LogP contribution is -2.48. The number of carbonyl (C=O) groups is 1. The average Bonchev–Trinajstić information content (AvgIpc) is 3.16. The molecule has 1 fully saturated rings. The molecule has 0 spiro atoms. The molecule has 0 N–H and O–H groups in total. The zero-order chi connectivity index (χ0) is 21.3. The summed E-state index contributed by atoms with van der Waals surface area (Å²) in [5.41, 5.74) is 3.09. The van der Waals surface area contributed by atoms with Crippen LogP contribution in [0.5, 0.6) is 5.75 Å². The van der Waals surface area contributed by atoms with Crippen LogP contribution in [0.25, 0.3) is 10.2 Å². The van der Waals surface area contributed by atoms with Crippen molar-refractivity contribution in [2.24, 2.45) is 0 Å². The monoisotopic (exact) mass is 423 g/mol. The summed E-state index contributed by atoms with van der Waals surface area (Å²) in [5.74, 6) is 0.994. The third kappa shape index (κ3) is 4.29. The van der Waals surface area contributed by atoms with Crippen molar-refractivity contribution in [2.75, 3.05) is 37.7 Å². The van der Waals surface area contributed by atoms with Crippen molar-refractivity contribution in [3.05, 3.63) is 53.6 Å². The van der Waals surface area contributed by atoms with E-state index in [2.05, 4.69) is 43.9 Å². The van der Waals surface area contributed by atoms with Gasteiger partial charge in [-0.2, -0.15) is 0 Å². The molecular weight excluding hydrogens is 394 g/mol. The van der Waals surface area contributed by atoms with Gasteiger partial charge in [0.25, 0.3) is 5.91 Å². The molecule has 0 atom stereocenters. The quantitative estimate of drug-likeness (QED) is 0.595. The fourth-order valence-corrected chi connectivity index (χ4v) is 4.73. The maximum absolute atomic E-state index is 12.9. The Labute approximate surface area is 182 Å². The fourth-order valence-electron chi connectivity index (χ4n) is 3.68. The van der Waals surface area contributed by atoms with Crippen LogP contribution in [0, 0.1) is 0 Å². The summed E-state index contributed by atoms with van der Waals surface area (Å²) in [4.78, 5) is 21.9. The van der Waals surface area contributed by atoms with E-state index in [1.165, 1.54) is 5.56 Å². The molecule has 0 bridgehead atoms. The molecule has 158 valence electrons. The smallest absolute Gasteiger partial charge is 0.253 e. The number of thiazole rings is 1. The van der Waals surface area contributed by atoms with Gasteiger partial charge in [-0.1, -0.05) is 44.2 Å². The lowest BCUT2D eigenvalue weighted by atomic mass is 9.86. The van der Waals surface area contributed by atoms with Gasteiger partial charge in [0.15, 0.2) is 5.13 Å². The van der Waals surface area contributed by atoms with Crippen molar-refractivity contribution >= 4 is 32.6 Å². The summed E-state index contributed by atoms with van der Waals surface area (Å²) in [5, 5.41) is 1.01. The predicted molar refractivity (Wildman–Crippen MR) is 124 cm³/mol. The van der Waals surface area contributed by atoms with E-state index in [0.717, 1.165) is 39.8 Å². The van der Waals surface area contributed by atoms with Crippen molar-refractivity contribution in [2.45, 2.75) is 33.1 Å². The molecule has 3 aromatic rings. The highest BCUT2D eigenvalue weighted by atomic mass is 32.1. The van der Waals surface area contributed by atoms with Crippen LogP contribution in [-0.4, -0.2) is 48.6 Å². The standard InChI is InChI=1S/C24H29N3O2S/c1-5-29-19-10-11-20-21(16-19)30-23(25-20)27-14-12-26(13-15-27)22(28)17-6-8-18(9-7-17)24(2,3)4/h6-11,16H,5,12-15H2,1-4H3. The minimum absolute atomic E-state index is 0.0912. The number of nitrogens with zero attached hydrogens (tertiary/aromatic N) is 3. The van der Waals surface area contributed by atoms with Crippen LogP contribution in [-0.2, 0) is 5.41 Å². The number of rotatable bonds is 4. The zero-order valence-corrected chi connectivity index (χ0v) is 19.0. The molecule has 6 heteroatoms. The summed E-state index contributed by atoms with van der Waals surface area (Å²) in [6.45, 7) is 12.2. The second-order valence-corrected chi connectivity index (χ2v) is 9.67. The van der Waals surface area contributed by atoms with Crippen molar-refractivity contribution in [3.8, 4) is 5.75 Å². The van der Waals surface area contributed by atoms with Gasteiger partial charge in [-0.15, -0.1) is 0 Å². The van der Waals surface area contributed by atoms with Gasteiger partial charge in [-0.05, 0) is 48.2 Å². The Balaban J connectivity index is 1.41. The molecule has 1 aliphatic heterocycles. The lowest BCUT2D eigenvalue weighted by Gasteiger charge is -2.34. The predicted octanol–water partition coefficient (Wildman–Crippen LogP) is 4.95. The van der Waals surface area contributed by atoms with E-state index < -0.39 is 0 Å². The summed E-state index contributed by atoms with van der Waals surface area (Å²) in [6, 6.07) is 14.1. The number of hydrogen-bond donors (Lipinski definition) is 0. The Hall–Kier alpha value is -2.60. The van der Waals surface area contributed by atoms with E-state index in [9.17, 15) is 4.79 Å². The lowest BCUT2D eigenvalue weighted by molar-refractivity contribution is 0.0746. The molecule has 0 radical (unpaired) electrons. The largest absolute Gasteiger partial charge is 0.494 e. The fraction of sp³-hybridized carbons (Fsp3) is 0.417. The summed E-state index contributed by atoms with van der Waals surface area (Å²) >= 11 is 1.69. The van der Waals surface area contributed by atoms with E-state index in [1.54, 1.807) is 11.3 Å². The second-order valence-electron chi connectivity index (χ2n) is 8.67. The molecule has 1 saturated heterocycles. The maximum atomic E-state index is 12.9. The maximum Gasteiger partial charge on any atom is 0.253 e. The van der Waals surface area contributed by atoms with Gasteiger partial charge in [0, 0.05) is 31.7 Å². The number of aromatic nitrogens is 1. The SMILES string of the molecule is CCOc1ccc2nc(N3CCN(C(=O)c4ccc(C(C)(C)C)cc4)CC3)sc2c1. The van der Waals surface area contributed by atoms with Crippen LogP contribution in [0.15, 0.2) is 42.5 Å². The van der Waals surface area contributed by atoms with E-state index in [4.69, 9.17) is 9.72 Å². The Morgan fingerprint density at radius 3 is 2.40 bits per heavy atom. The topological polar surface area (TPSA) is 45.7 Å². The number of fused-ring (bicyclic) bond motifs is 1. The van der Waals surface area contributed by atoms with Gasteiger partial charge in [0.05, 0.1) is 16.8 Å². The van der Waals surface area contributed by atoms with Gasteiger partial charge in [-0.3, -0.25) is 4.79 Å². The minimum atomic E-state index is 0.0912. The van der Waals surface area contributed by atoms with Crippen LogP contribution >= 0.6 is 11.3 Å². The van der Waals surface area contributed by atoms with Crippen molar-refractivity contribution < 1.29 is 9.53 Å². The zero-order valence-electron chi connectivity index (χ0n) is 18.1. The summed E-state index contributed by atoms with van der Waals surface area (Å²) in [7, 11) is 0. The van der Waals surface area contributed by atoms with Crippen LogP contribution in [0.2, 0.25) is 0 Å². The number of piperazine rings is 1. The van der Waals surface area contributed by atoms with Gasteiger partial charge in [0.2, 0.25) is 0 Å². The van der Waals surface area contributed by atoms with E-state index >= 15 is 0 Å². The molecule has 4 rings (SSSR count). The Kier molecular flexibility index (Phi) is 5.69. The molecule has 2 aromatic carbocycles. The highest BCUT2D eigenvalue weighted by Crippen LogP contribution is 2.32. The molecule has 1 aromatic heterocycles. The first-order valence-electron chi connectivity index (χ1n) is 10.5. The van der Waals surface area contributed by atoms with Crippen LogP contribution in [0.4, 0.5) is 5.13 Å². The van der Waals surface area contributed by atoms with Gasteiger partial charge in [-0.25, -0.2) is 4.98 Å².